The van der Waals surface area contributed by atoms with E-state index in [0.29, 0.717) is 26.2 Å². The summed E-state index contributed by atoms with van der Waals surface area (Å²) < 4.78 is 1.90. The first-order valence-electron chi connectivity index (χ1n) is 9.00. The summed E-state index contributed by atoms with van der Waals surface area (Å²) in [7, 11) is 3.23. The number of aromatic nitrogens is 2. The van der Waals surface area contributed by atoms with E-state index >= 15 is 0 Å². The summed E-state index contributed by atoms with van der Waals surface area (Å²) in [5.41, 5.74) is 1.75. The van der Waals surface area contributed by atoms with Crippen LogP contribution in [0.3, 0.4) is 0 Å². The molecule has 1 aliphatic heterocycles. The molecule has 1 aliphatic carbocycles. The van der Waals surface area contributed by atoms with Gasteiger partial charge in [0.25, 0.3) is 0 Å². The van der Waals surface area contributed by atoms with E-state index in [0.717, 1.165) is 30.7 Å². The van der Waals surface area contributed by atoms with Crippen LogP contribution in [-0.4, -0.2) is 64.6 Å². The monoisotopic (exact) mass is 362 g/mol. The van der Waals surface area contributed by atoms with Crippen molar-refractivity contribution >= 4 is 17.8 Å². The molecule has 3 rings (SSSR count). The predicted molar refractivity (Wildman–Crippen MR) is 93.9 cm³/mol. The van der Waals surface area contributed by atoms with Crippen LogP contribution in [0.25, 0.3) is 0 Å². The normalized spacial score (nSPS) is 16.5. The molecule has 2 N–H and O–H groups in total. The van der Waals surface area contributed by atoms with Crippen LogP contribution in [0.5, 0.6) is 0 Å². The van der Waals surface area contributed by atoms with Gasteiger partial charge in [-0.2, -0.15) is 5.10 Å². The Morgan fingerprint density at radius 2 is 2.00 bits per heavy atom. The first kappa shape index (κ1) is 18.2. The Morgan fingerprint density at radius 1 is 1.23 bits per heavy atom. The number of nitrogens with one attached hydrogen (secondary N) is 2. The molecule has 0 atom stereocenters. The summed E-state index contributed by atoms with van der Waals surface area (Å²) in [6, 6.07) is 1.62. The van der Waals surface area contributed by atoms with E-state index in [1.54, 1.807) is 14.1 Å². The number of hydrogen-bond donors (Lipinski definition) is 2. The van der Waals surface area contributed by atoms with Crippen LogP contribution in [0.4, 0.5) is 4.79 Å². The van der Waals surface area contributed by atoms with E-state index in [1.807, 2.05) is 15.6 Å². The molecule has 1 saturated carbocycles. The Hall–Kier alpha value is -2.58. The van der Waals surface area contributed by atoms with Gasteiger partial charge < -0.3 is 20.4 Å². The van der Waals surface area contributed by atoms with Gasteiger partial charge in [0.05, 0.1) is 37.6 Å². The Morgan fingerprint density at radius 3 is 2.65 bits per heavy atom. The number of fused-ring (bicyclic) bond motifs is 1. The lowest BCUT2D eigenvalue weighted by Gasteiger charge is -2.34. The zero-order valence-electron chi connectivity index (χ0n) is 15.3. The summed E-state index contributed by atoms with van der Waals surface area (Å²) in [5, 5.41) is 9.74. The number of amides is 4. The minimum Gasteiger partial charge on any atom is -0.349 e. The third-order valence-electron chi connectivity index (χ3n) is 4.89. The lowest BCUT2D eigenvalue weighted by molar-refractivity contribution is -0.139. The van der Waals surface area contributed by atoms with E-state index in [2.05, 4.69) is 15.7 Å². The Kier molecular flexibility index (Phi) is 5.43. The summed E-state index contributed by atoms with van der Waals surface area (Å²) in [6.45, 7) is 2.17. The third-order valence-corrected chi connectivity index (χ3v) is 4.89. The van der Waals surface area contributed by atoms with Crippen molar-refractivity contribution in [1.82, 2.24) is 30.2 Å². The summed E-state index contributed by atoms with van der Waals surface area (Å²) in [6.07, 6.45) is 3.17. The highest BCUT2D eigenvalue weighted by Crippen LogP contribution is 2.29. The number of rotatable bonds is 5. The van der Waals surface area contributed by atoms with Gasteiger partial charge in [0.15, 0.2) is 0 Å². The molecule has 1 fully saturated rings. The molecule has 2 heterocycles. The average molecular weight is 362 g/mol. The Labute approximate surface area is 152 Å². The van der Waals surface area contributed by atoms with Gasteiger partial charge in [0.2, 0.25) is 11.8 Å². The molecule has 1 aromatic rings. The molecule has 1 aromatic heterocycles. The van der Waals surface area contributed by atoms with Crippen LogP contribution in [0, 0.1) is 5.92 Å². The van der Waals surface area contributed by atoms with Crippen molar-refractivity contribution in [2.24, 2.45) is 5.92 Å². The number of nitrogens with zero attached hydrogens (tertiary/aromatic N) is 4. The van der Waals surface area contributed by atoms with Crippen molar-refractivity contribution in [1.29, 1.82) is 0 Å². The van der Waals surface area contributed by atoms with Crippen LogP contribution < -0.4 is 10.6 Å². The summed E-state index contributed by atoms with van der Waals surface area (Å²) in [4.78, 5) is 38.9. The lowest BCUT2D eigenvalue weighted by atomic mass is 9.84. The fourth-order valence-corrected chi connectivity index (χ4v) is 3.08. The molecule has 0 spiro atoms. The van der Waals surface area contributed by atoms with Crippen LogP contribution in [0.2, 0.25) is 0 Å². The SMILES string of the molecule is CN(C)C(=O)NCC(=O)NCc1cc2n(n1)CCN(C(=O)C1CCC1)C2. The van der Waals surface area contributed by atoms with Gasteiger partial charge >= 0.3 is 6.03 Å². The van der Waals surface area contributed by atoms with E-state index in [1.165, 1.54) is 4.90 Å². The highest BCUT2D eigenvalue weighted by molar-refractivity contribution is 5.83. The van der Waals surface area contributed by atoms with Gasteiger partial charge in [-0.1, -0.05) is 6.42 Å². The van der Waals surface area contributed by atoms with Crippen molar-refractivity contribution in [3.8, 4) is 0 Å². The Bertz CT molecular complexity index is 695. The third kappa shape index (κ3) is 4.14. The smallest absolute Gasteiger partial charge is 0.317 e. The van der Waals surface area contributed by atoms with E-state index in [9.17, 15) is 14.4 Å². The molecule has 142 valence electrons. The molecule has 0 bridgehead atoms. The molecule has 9 nitrogen and oxygen atoms in total. The molecule has 0 radical (unpaired) electrons. The van der Waals surface area contributed by atoms with Gasteiger partial charge in [0, 0.05) is 26.6 Å². The zero-order chi connectivity index (χ0) is 18.7. The number of hydrogen-bond acceptors (Lipinski definition) is 4. The average Bonchev–Trinajstić information content (AvgIpc) is 2.98. The molecule has 0 saturated heterocycles. The maximum atomic E-state index is 12.4. The van der Waals surface area contributed by atoms with Crippen molar-refractivity contribution in [2.75, 3.05) is 27.2 Å². The predicted octanol–water partition coefficient (Wildman–Crippen LogP) is -0.0872. The van der Waals surface area contributed by atoms with Gasteiger partial charge in [0.1, 0.15) is 0 Å². The molecule has 0 unspecified atom stereocenters. The molecule has 2 aliphatic rings. The van der Waals surface area contributed by atoms with Gasteiger partial charge in [-0.3, -0.25) is 14.3 Å². The van der Waals surface area contributed by atoms with Crippen molar-refractivity contribution in [3.05, 3.63) is 17.5 Å². The fraction of sp³-hybridized carbons (Fsp3) is 0.647. The van der Waals surface area contributed by atoms with E-state index < -0.39 is 0 Å². The number of urea groups is 1. The molecule has 9 heteroatoms. The van der Waals surface area contributed by atoms with Crippen LogP contribution in [0.15, 0.2) is 6.07 Å². The number of carbonyl (C=O) groups is 3. The highest BCUT2D eigenvalue weighted by Gasteiger charge is 2.31. The van der Waals surface area contributed by atoms with Gasteiger partial charge in [-0.25, -0.2) is 4.79 Å². The van der Waals surface area contributed by atoms with Crippen LogP contribution >= 0.6 is 0 Å². The molecular weight excluding hydrogens is 336 g/mol. The number of carbonyl (C=O) groups excluding carboxylic acids is 3. The standard InChI is InChI=1S/C17H26N6O3/c1-21(2)17(26)19-10-15(24)18-9-13-8-14-11-22(6-7-23(14)20-13)16(25)12-4-3-5-12/h8,12H,3-7,9-11H2,1-2H3,(H,18,24)(H,19,26). The van der Waals surface area contributed by atoms with Crippen molar-refractivity contribution in [3.63, 3.8) is 0 Å². The Balaban J connectivity index is 1.48. The van der Waals surface area contributed by atoms with Crippen molar-refractivity contribution in [2.45, 2.75) is 38.9 Å². The summed E-state index contributed by atoms with van der Waals surface area (Å²) in [5.74, 6) is 0.198. The van der Waals surface area contributed by atoms with Gasteiger partial charge in [-0.05, 0) is 18.9 Å². The summed E-state index contributed by atoms with van der Waals surface area (Å²) >= 11 is 0. The van der Waals surface area contributed by atoms with Gasteiger partial charge in [-0.15, -0.1) is 0 Å². The molecule has 26 heavy (non-hydrogen) atoms. The van der Waals surface area contributed by atoms with E-state index in [4.69, 9.17) is 0 Å². The largest absolute Gasteiger partial charge is 0.349 e. The first-order valence-corrected chi connectivity index (χ1v) is 9.00. The molecule has 0 aromatic carbocycles. The second-order valence-corrected chi connectivity index (χ2v) is 7.07. The zero-order valence-corrected chi connectivity index (χ0v) is 15.3. The minimum absolute atomic E-state index is 0.0752. The maximum Gasteiger partial charge on any atom is 0.317 e. The van der Waals surface area contributed by atoms with Crippen molar-refractivity contribution < 1.29 is 14.4 Å². The minimum atomic E-state index is -0.311. The molecular formula is C17H26N6O3. The second kappa shape index (κ2) is 7.76. The lowest BCUT2D eigenvalue weighted by Crippen LogP contribution is -2.43. The first-order chi connectivity index (χ1) is 12.4. The topological polar surface area (TPSA) is 99.6 Å². The quantitative estimate of drug-likeness (QED) is 0.765. The highest BCUT2D eigenvalue weighted by atomic mass is 16.2. The van der Waals surface area contributed by atoms with Crippen LogP contribution in [-0.2, 0) is 29.2 Å². The molecule has 4 amide bonds. The fourth-order valence-electron chi connectivity index (χ4n) is 3.08. The maximum absolute atomic E-state index is 12.4. The van der Waals surface area contributed by atoms with E-state index in [-0.39, 0.29) is 30.3 Å². The second-order valence-electron chi connectivity index (χ2n) is 7.07. The van der Waals surface area contributed by atoms with Crippen LogP contribution in [0.1, 0.15) is 30.7 Å².